The molecular formula is C21H31N9O9. The fourth-order valence-corrected chi connectivity index (χ4v) is 3.63. The number of carboxylic acids is 2. The van der Waals surface area contributed by atoms with E-state index in [0.717, 1.165) is 0 Å². The Morgan fingerprint density at radius 2 is 1.77 bits per heavy atom. The number of hydrogen-bond donors (Lipinski definition) is 7. The standard InChI is InChI=1S/C21H31N9O9/c1-3-10(2)17(25-14(31)5-7-16(34)35)19(37)24-11(4-6-15(32)33)20(38)30-12(8-23-21(30)39)18(36)22-9-13-26-28-29-27-13/h10-12,17H,3-9H2,1-2H3,(H,22,36)(H,23,39)(H,24,37)(H,25,31)(H,32,33)(H,34,35)(H,26,27,28,29)/t10-,11-,12-,17-/m0/s1. The van der Waals surface area contributed by atoms with Gasteiger partial charge in [0.2, 0.25) is 17.7 Å². The van der Waals surface area contributed by atoms with E-state index >= 15 is 0 Å². The monoisotopic (exact) mass is 553 g/mol. The van der Waals surface area contributed by atoms with Crippen molar-refractivity contribution in [3.05, 3.63) is 5.82 Å². The molecule has 1 aliphatic rings. The zero-order chi connectivity index (χ0) is 29.1. The number of carbonyl (C=O) groups excluding carboxylic acids is 5. The SMILES string of the molecule is CC[C@H](C)[C@H](NC(=O)CCC(=O)O)C(=O)N[C@@H](CCC(=O)O)C(=O)N1C(=O)NC[C@H]1C(=O)NCc1nn[nH]n1. The van der Waals surface area contributed by atoms with Gasteiger partial charge in [-0.2, -0.15) is 5.21 Å². The van der Waals surface area contributed by atoms with Crippen molar-refractivity contribution in [2.24, 2.45) is 5.92 Å². The summed E-state index contributed by atoms with van der Waals surface area (Å²) in [5.74, 6) is -6.09. The van der Waals surface area contributed by atoms with E-state index in [4.69, 9.17) is 10.2 Å². The van der Waals surface area contributed by atoms with Crippen molar-refractivity contribution in [2.75, 3.05) is 6.54 Å². The predicted octanol–water partition coefficient (Wildman–Crippen LogP) is -2.52. The largest absolute Gasteiger partial charge is 0.481 e. The number of tetrazole rings is 1. The molecule has 0 bridgehead atoms. The number of nitrogens with zero attached hydrogens (tertiary/aromatic N) is 4. The quantitative estimate of drug-likeness (QED) is 0.119. The minimum absolute atomic E-state index is 0.145. The third-order valence-electron chi connectivity index (χ3n) is 5.97. The summed E-state index contributed by atoms with van der Waals surface area (Å²) in [7, 11) is 0. The molecule has 18 nitrogen and oxygen atoms in total. The van der Waals surface area contributed by atoms with E-state index in [9.17, 15) is 33.6 Å². The van der Waals surface area contributed by atoms with Gasteiger partial charge >= 0.3 is 18.0 Å². The highest BCUT2D eigenvalue weighted by Crippen LogP contribution is 2.15. The van der Waals surface area contributed by atoms with Gasteiger partial charge in [-0.05, 0) is 12.3 Å². The second kappa shape index (κ2) is 14.3. The number of hydrogen-bond acceptors (Lipinski definition) is 10. The summed E-state index contributed by atoms with van der Waals surface area (Å²) in [6, 6.07) is -4.96. The summed E-state index contributed by atoms with van der Waals surface area (Å²) in [5, 5.41) is 40.5. The van der Waals surface area contributed by atoms with Crippen molar-refractivity contribution in [1.29, 1.82) is 0 Å². The van der Waals surface area contributed by atoms with E-state index in [2.05, 4.69) is 41.9 Å². The van der Waals surface area contributed by atoms with Gasteiger partial charge in [0.05, 0.1) is 13.0 Å². The van der Waals surface area contributed by atoms with Crippen LogP contribution in [0.4, 0.5) is 4.79 Å². The molecule has 7 N–H and O–H groups in total. The summed E-state index contributed by atoms with van der Waals surface area (Å²) in [4.78, 5) is 86.6. The highest BCUT2D eigenvalue weighted by molar-refractivity contribution is 6.05. The van der Waals surface area contributed by atoms with Crippen molar-refractivity contribution < 1.29 is 43.8 Å². The van der Waals surface area contributed by atoms with Crippen LogP contribution >= 0.6 is 0 Å². The van der Waals surface area contributed by atoms with Crippen LogP contribution in [0.15, 0.2) is 0 Å². The Balaban J connectivity index is 2.20. The van der Waals surface area contributed by atoms with Gasteiger partial charge in [-0.3, -0.25) is 28.8 Å². The Kier molecular flexibility index (Phi) is 11.2. The molecule has 1 aromatic heterocycles. The van der Waals surface area contributed by atoms with Crippen LogP contribution in [-0.2, 0) is 35.3 Å². The fourth-order valence-electron chi connectivity index (χ4n) is 3.63. The van der Waals surface area contributed by atoms with Crippen LogP contribution in [0.2, 0.25) is 0 Å². The summed E-state index contributed by atoms with van der Waals surface area (Å²) in [6.45, 7) is 3.00. The van der Waals surface area contributed by atoms with Gasteiger partial charge in [0, 0.05) is 19.4 Å². The second-order valence-corrected chi connectivity index (χ2v) is 8.77. The van der Waals surface area contributed by atoms with Crippen molar-refractivity contribution >= 4 is 41.6 Å². The molecule has 1 saturated heterocycles. The first-order valence-electron chi connectivity index (χ1n) is 12.1. The maximum atomic E-state index is 13.4. The normalized spacial score (nSPS) is 16.9. The predicted molar refractivity (Wildman–Crippen MR) is 127 cm³/mol. The van der Waals surface area contributed by atoms with Crippen LogP contribution in [-0.4, -0.2) is 102 Å². The number of amides is 6. The van der Waals surface area contributed by atoms with Gasteiger partial charge in [0.15, 0.2) is 5.82 Å². The number of imide groups is 1. The first-order chi connectivity index (χ1) is 18.4. The van der Waals surface area contributed by atoms with Crippen molar-refractivity contribution in [2.45, 2.75) is 70.6 Å². The van der Waals surface area contributed by atoms with Crippen LogP contribution in [0.3, 0.4) is 0 Å². The molecule has 2 rings (SSSR count). The number of nitrogens with one attached hydrogen (secondary N) is 5. The molecule has 1 fully saturated rings. The number of aromatic amines is 1. The van der Waals surface area contributed by atoms with E-state index in [-0.39, 0.29) is 25.3 Å². The number of carboxylic acid groups (broad SMARTS) is 2. The minimum Gasteiger partial charge on any atom is -0.481 e. The topological polar surface area (TPSA) is 266 Å². The zero-order valence-corrected chi connectivity index (χ0v) is 21.3. The number of H-pyrrole nitrogens is 1. The van der Waals surface area contributed by atoms with E-state index < -0.39 is 84.9 Å². The molecule has 0 saturated carbocycles. The van der Waals surface area contributed by atoms with Crippen LogP contribution in [0.25, 0.3) is 0 Å². The molecule has 0 spiro atoms. The average molecular weight is 554 g/mol. The highest BCUT2D eigenvalue weighted by Gasteiger charge is 2.43. The summed E-state index contributed by atoms with van der Waals surface area (Å²) in [6.07, 6.45) is -1.39. The molecule has 214 valence electrons. The smallest absolute Gasteiger partial charge is 0.325 e. The minimum atomic E-state index is -1.53. The van der Waals surface area contributed by atoms with Gasteiger partial charge in [-0.25, -0.2) is 9.69 Å². The second-order valence-electron chi connectivity index (χ2n) is 8.77. The summed E-state index contributed by atoms with van der Waals surface area (Å²) < 4.78 is 0. The Morgan fingerprint density at radius 3 is 2.36 bits per heavy atom. The molecule has 0 aliphatic carbocycles. The number of aromatic nitrogens is 4. The molecule has 1 aromatic rings. The van der Waals surface area contributed by atoms with Crippen LogP contribution in [0.5, 0.6) is 0 Å². The first-order valence-corrected chi connectivity index (χ1v) is 12.1. The molecule has 0 aromatic carbocycles. The molecule has 0 unspecified atom stereocenters. The lowest BCUT2D eigenvalue weighted by Gasteiger charge is -2.29. The molecule has 2 heterocycles. The van der Waals surface area contributed by atoms with E-state index in [1.54, 1.807) is 13.8 Å². The van der Waals surface area contributed by atoms with Crippen molar-refractivity contribution in [3.8, 4) is 0 Å². The Labute approximate surface area is 221 Å². The third-order valence-corrected chi connectivity index (χ3v) is 5.97. The van der Waals surface area contributed by atoms with Gasteiger partial charge in [0.25, 0.3) is 5.91 Å². The Bertz CT molecular complexity index is 1080. The maximum absolute atomic E-state index is 13.4. The molecule has 1 aliphatic heterocycles. The first kappa shape index (κ1) is 30.6. The fraction of sp³-hybridized carbons (Fsp3) is 0.619. The zero-order valence-electron chi connectivity index (χ0n) is 21.3. The average Bonchev–Trinajstić information content (AvgIpc) is 3.55. The number of rotatable bonds is 15. The van der Waals surface area contributed by atoms with E-state index in [1.165, 1.54) is 0 Å². The summed E-state index contributed by atoms with van der Waals surface area (Å²) >= 11 is 0. The lowest BCUT2D eigenvalue weighted by molar-refractivity contribution is -0.141. The highest BCUT2D eigenvalue weighted by atomic mass is 16.4. The molecule has 39 heavy (non-hydrogen) atoms. The number of urea groups is 1. The molecule has 4 atom stereocenters. The van der Waals surface area contributed by atoms with E-state index in [1.807, 2.05) is 0 Å². The molecule has 18 heteroatoms. The van der Waals surface area contributed by atoms with Gasteiger partial charge < -0.3 is 31.5 Å². The Morgan fingerprint density at radius 1 is 1.08 bits per heavy atom. The van der Waals surface area contributed by atoms with Gasteiger partial charge in [-0.15, -0.1) is 10.2 Å². The Hall–Kier alpha value is -4.64. The van der Waals surface area contributed by atoms with E-state index in [0.29, 0.717) is 11.3 Å². The van der Waals surface area contributed by atoms with Crippen LogP contribution < -0.4 is 21.3 Å². The molecular weight excluding hydrogens is 522 g/mol. The van der Waals surface area contributed by atoms with Crippen LogP contribution in [0, 0.1) is 5.92 Å². The lowest BCUT2D eigenvalue weighted by Crippen LogP contribution is -2.58. The molecule has 6 amide bonds. The van der Waals surface area contributed by atoms with Crippen molar-refractivity contribution in [1.82, 2.24) is 46.8 Å². The van der Waals surface area contributed by atoms with Gasteiger partial charge in [0.1, 0.15) is 18.1 Å². The third kappa shape index (κ3) is 9.00. The summed E-state index contributed by atoms with van der Waals surface area (Å²) in [5.41, 5.74) is 0. The number of aliphatic carboxylic acids is 2. The maximum Gasteiger partial charge on any atom is 0.325 e. The number of carbonyl (C=O) groups is 7. The lowest BCUT2D eigenvalue weighted by atomic mass is 9.97. The van der Waals surface area contributed by atoms with Gasteiger partial charge in [-0.1, -0.05) is 25.5 Å². The van der Waals surface area contributed by atoms with Crippen molar-refractivity contribution in [3.63, 3.8) is 0 Å². The molecule has 0 radical (unpaired) electrons. The van der Waals surface area contributed by atoms with Crippen LogP contribution in [0.1, 0.15) is 51.8 Å².